The average Bonchev–Trinajstić information content (AvgIpc) is 2.12. The second-order valence-corrected chi connectivity index (χ2v) is 5.50. The smallest absolute Gasteiger partial charge is 0.0156 e. The molecule has 0 bridgehead atoms. The summed E-state index contributed by atoms with van der Waals surface area (Å²) >= 11 is 0. The third-order valence-corrected chi connectivity index (χ3v) is 3.32. The molecule has 2 atom stereocenters. The van der Waals surface area contributed by atoms with E-state index in [2.05, 4.69) is 20.8 Å². The first-order chi connectivity index (χ1) is 6.02. The average molecular weight is 183 g/mol. The van der Waals surface area contributed by atoms with Crippen molar-refractivity contribution in [2.75, 3.05) is 0 Å². The lowest BCUT2D eigenvalue weighted by Gasteiger charge is -2.30. The summed E-state index contributed by atoms with van der Waals surface area (Å²) in [7, 11) is 0. The van der Waals surface area contributed by atoms with Gasteiger partial charge in [-0.1, -0.05) is 33.6 Å². The Kier molecular flexibility index (Phi) is 3.78. The Balaban J connectivity index is 2.47. The molecule has 0 aromatic heterocycles. The van der Waals surface area contributed by atoms with Gasteiger partial charge in [-0.25, -0.2) is 0 Å². The molecule has 13 heavy (non-hydrogen) atoms. The van der Waals surface area contributed by atoms with E-state index in [1.807, 2.05) is 0 Å². The monoisotopic (exact) mass is 183 g/mol. The predicted octanol–water partition coefficient (Wildman–Crippen LogP) is 3.33. The summed E-state index contributed by atoms with van der Waals surface area (Å²) in [6.07, 6.45) is 7.76. The fourth-order valence-corrected chi connectivity index (χ4v) is 2.62. The zero-order valence-electron chi connectivity index (χ0n) is 9.47. The van der Waals surface area contributed by atoms with Crippen molar-refractivity contribution in [3.8, 4) is 0 Å². The molecule has 0 saturated heterocycles. The zero-order chi connectivity index (χ0) is 9.90. The molecule has 2 unspecified atom stereocenters. The van der Waals surface area contributed by atoms with Crippen molar-refractivity contribution in [1.82, 2.24) is 0 Å². The first-order valence-corrected chi connectivity index (χ1v) is 5.81. The third kappa shape index (κ3) is 3.68. The van der Waals surface area contributed by atoms with E-state index in [9.17, 15) is 0 Å². The first-order valence-electron chi connectivity index (χ1n) is 5.81. The van der Waals surface area contributed by atoms with Crippen LogP contribution in [-0.4, -0.2) is 5.54 Å². The molecule has 0 aromatic rings. The van der Waals surface area contributed by atoms with Gasteiger partial charge in [-0.05, 0) is 37.5 Å². The second-order valence-electron chi connectivity index (χ2n) is 5.50. The minimum absolute atomic E-state index is 0.166. The highest BCUT2D eigenvalue weighted by Crippen LogP contribution is 2.32. The van der Waals surface area contributed by atoms with Crippen LogP contribution < -0.4 is 5.73 Å². The summed E-state index contributed by atoms with van der Waals surface area (Å²) in [6.45, 7) is 6.92. The van der Waals surface area contributed by atoms with Crippen LogP contribution in [0.3, 0.4) is 0 Å². The van der Waals surface area contributed by atoms with Crippen LogP contribution in [0.25, 0.3) is 0 Å². The van der Waals surface area contributed by atoms with E-state index in [0.717, 1.165) is 11.8 Å². The molecule has 0 aliphatic heterocycles. The van der Waals surface area contributed by atoms with E-state index in [1.54, 1.807) is 0 Å². The van der Waals surface area contributed by atoms with E-state index in [4.69, 9.17) is 5.73 Å². The lowest BCUT2D eigenvalue weighted by Crippen LogP contribution is -2.40. The van der Waals surface area contributed by atoms with Crippen molar-refractivity contribution in [1.29, 1.82) is 0 Å². The molecule has 0 amide bonds. The number of rotatable bonds is 2. The van der Waals surface area contributed by atoms with Crippen LogP contribution in [0.1, 0.15) is 59.3 Å². The Morgan fingerprint density at radius 2 is 2.00 bits per heavy atom. The minimum atomic E-state index is 0.166. The normalized spacial score (nSPS) is 36.2. The molecule has 1 fully saturated rings. The molecule has 1 nitrogen and oxygen atoms in total. The van der Waals surface area contributed by atoms with E-state index in [0.29, 0.717) is 0 Å². The Labute approximate surface area is 83.1 Å². The molecule has 0 heterocycles. The van der Waals surface area contributed by atoms with Crippen LogP contribution in [0.15, 0.2) is 0 Å². The summed E-state index contributed by atoms with van der Waals surface area (Å²) in [5, 5.41) is 0. The molecule has 0 radical (unpaired) electrons. The van der Waals surface area contributed by atoms with Crippen molar-refractivity contribution in [3.63, 3.8) is 0 Å². The van der Waals surface area contributed by atoms with Gasteiger partial charge in [0.05, 0.1) is 0 Å². The molecule has 1 saturated carbocycles. The highest BCUT2D eigenvalue weighted by molar-refractivity contribution is 4.87. The molecule has 78 valence electrons. The summed E-state index contributed by atoms with van der Waals surface area (Å²) in [6, 6.07) is 0. The fourth-order valence-electron chi connectivity index (χ4n) is 2.62. The van der Waals surface area contributed by atoms with E-state index in [-0.39, 0.29) is 5.54 Å². The van der Waals surface area contributed by atoms with Crippen LogP contribution in [-0.2, 0) is 0 Å². The summed E-state index contributed by atoms with van der Waals surface area (Å²) in [5.74, 6) is 1.65. The predicted molar refractivity (Wildman–Crippen MR) is 58.6 cm³/mol. The van der Waals surface area contributed by atoms with Crippen LogP contribution in [0, 0.1) is 11.8 Å². The number of nitrogens with two attached hydrogens (primary N) is 1. The Hall–Kier alpha value is -0.0400. The fraction of sp³-hybridized carbons (Fsp3) is 1.00. The first kappa shape index (κ1) is 11.0. The molecule has 2 N–H and O–H groups in total. The van der Waals surface area contributed by atoms with Crippen LogP contribution in [0.2, 0.25) is 0 Å². The van der Waals surface area contributed by atoms with E-state index in [1.165, 1.54) is 38.5 Å². The van der Waals surface area contributed by atoms with E-state index < -0.39 is 0 Å². The summed E-state index contributed by atoms with van der Waals surface area (Å²) in [5.41, 5.74) is 6.59. The molecule has 1 rings (SSSR count). The van der Waals surface area contributed by atoms with Crippen LogP contribution >= 0.6 is 0 Å². The highest BCUT2D eigenvalue weighted by atomic mass is 14.7. The van der Waals surface area contributed by atoms with Crippen LogP contribution in [0.5, 0.6) is 0 Å². The zero-order valence-corrected chi connectivity index (χ0v) is 9.47. The highest BCUT2D eigenvalue weighted by Gasteiger charge is 2.28. The molecular formula is C12H25N. The topological polar surface area (TPSA) is 26.0 Å². The maximum Gasteiger partial charge on any atom is 0.0156 e. The van der Waals surface area contributed by atoms with Gasteiger partial charge in [-0.3, -0.25) is 0 Å². The standard InChI is InChI=1S/C12H25N/c1-10(2)9-12(13)7-4-5-11(3)6-8-12/h10-11H,4-9,13H2,1-3H3. The van der Waals surface area contributed by atoms with Gasteiger partial charge in [0.1, 0.15) is 0 Å². The molecule has 1 aliphatic carbocycles. The molecule has 0 spiro atoms. The Bertz CT molecular complexity index is 153. The van der Waals surface area contributed by atoms with Crippen molar-refractivity contribution in [3.05, 3.63) is 0 Å². The minimum Gasteiger partial charge on any atom is -0.325 e. The largest absolute Gasteiger partial charge is 0.325 e. The van der Waals surface area contributed by atoms with Gasteiger partial charge in [0.15, 0.2) is 0 Å². The Morgan fingerprint density at radius 1 is 1.31 bits per heavy atom. The SMILES string of the molecule is CC(C)CC1(N)CCCC(C)CC1. The lowest BCUT2D eigenvalue weighted by molar-refractivity contribution is 0.300. The quantitative estimate of drug-likeness (QED) is 0.653. The van der Waals surface area contributed by atoms with Crippen molar-refractivity contribution < 1.29 is 0 Å². The molecule has 0 aromatic carbocycles. The van der Waals surface area contributed by atoms with Gasteiger partial charge in [-0.2, -0.15) is 0 Å². The third-order valence-electron chi connectivity index (χ3n) is 3.32. The van der Waals surface area contributed by atoms with Crippen LogP contribution in [0.4, 0.5) is 0 Å². The summed E-state index contributed by atoms with van der Waals surface area (Å²) in [4.78, 5) is 0. The van der Waals surface area contributed by atoms with Gasteiger partial charge >= 0.3 is 0 Å². The van der Waals surface area contributed by atoms with Gasteiger partial charge < -0.3 is 5.73 Å². The maximum absolute atomic E-state index is 6.42. The van der Waals surface area contributed by atoms with E-state index >= 15 is 0 Å². The Morgan fingerprint density at radius 3 is 2.62 bits per heavy atom. The lowest BCUT2D eigenvalue weighted by atomic mass is 9.83. The number of hydrogen-bond acceptors (Lipinski definition) is 1. The number of hydrogen-bond donors (Lipinski definition) is 1. The second kappa shape index (κ2) is 4.45. The van der Waals surface area contributed by atoms with Gasteiger partial charge in [-0.15, -0.1) is 0 Å². The van der Waals surface area contributed by atoms with Gasteiger partial charge in [0, 0.05) is 5.54 Å². The van der Waals surface area contributed by atoms with Crippen molar-refractivity contribution in [2.24, 2.45) is 17.6 Å². The van der Waals surface area contributed by atoms with Crippen molar-refractivity contribution in [2.45, 2.75) is 64.8 Å². The molecular weight excluding hydrogens is 158 g/mol. The molecule has 1 aliphatic rings. The van der Waals surface area contributed by atoms with Gasteiger partial charge in [0.25, 0.3) is 0 Å². The maximum atomic E-state index is 6.42. The van der Waals surface area contributed by atoms with Crippen molar-refractivity contribution >= 4 is 0 Å². The van der Waals surface area contributed by atoms with Gasteiger partial charge in [0.2, 0.25) is 0 Å². The summed E-state index contributed by atoms with van der Waals surface area (Å²) < 4.78 is 0. The molecule has 1 heteroatoms.